The van der Waals surface area contributed by atoms with E-state index in [0.717, 1.165) is 63.8 Å². The van der Waals surface area contributed by atoms with Crippen molar-refractivity contribution in [3.8, 4) is 22.6 Å². The first-order chi connectivity index (χ1) is 15.2. The summed E-state index contributed by atoms with van der Waals surface area (Å²) in [5, 5.41) is 4.51. The molecule has 2 aromatic heterocycles. The summed E-state index contributed by atoms with van der Waals surface area (Å²) in [6, 6.07) is 16.2. The molecule has 31 heavy (non-hydrogen) atoms. The largest absolute Gasteiger partial charge is 0.494 e. The van der Waals surface area contributed by atoms with Gasteiger partial charge in [0.25, 0.3) is 0 Å². The normalized spacial score (nSPS) is 10.9. The van der Waals surface area contributed by atoms with E-state index >= 15 is 0 Å². The summed E-state index contributed by atoms with van der Waals surface area (Å²) in [6.07, 6.45) is 3.80. The summed E-state index contributed by atoms with van der Waals surface area (Å²) in [4.78, 5) is 11.3. The maximum atomic E-state index is 5.77. The van der Waals surface area contributed by atoms with Gasteiger partial charge in [0.1, 0.15) is 28.5 Å². The Morgan fingerprint density at radius 2 is 1.61 bits per heavy atom. The quantitative estimate of drug-likeness (QED) is 0.288. The number of hydrogen-bond donors (Lipinski definition) is 1. The minimum Gasteiger partial charge on any atom is -0.494 e. The van der Waals surface area contributed by atoms with E-state index in [1.165, 1.54) is 4.88 Å². The molecule has 0 radical (unpaired) electrons. The highest BCUT2D eigenvalue weighted by molar-refractivity contribution is 7.19. The summed E-state index contributed by atoms with van der Waals surface area (Å²) in [5.74, 6) is 2.56. The average molecular weight is 434 g/mol. The first kappa shape index (κ1) is 21.1. The van der Waals surface area contributed by atoms with Gasteiger partial charge in [0, 0.05) is 16.1 Å². The average Bonchev–Trinajstić information content (AvgIpc) is 3.13. The SMILES string of the molecule is CCCCOc1ccc(Nc2ncnc3sc(C)c(-c4ccc(OCC)cc4)c23)cc1. The molecule has 0 saturated heterocycles. The van der Waals surface area contributed by atoms with Gasteiger partial charge < -0.3 is 14.8 Å². The third-order valence-electron chi connectivity index (χ3n) is 5.00. The lowest BCUT2D eigenvalue weighted by molar-refractivity contribution is 0.309. The van der Waals surface area contributed by atoms with Gasteiger partial charge in [-0.1, -0.05) is 25.5 Å². The monoisotopic (exact) mass is 433 g/mol. The summed E-state index contributed by atoms with van der Waals surface area (Å²) in [6.45, 7) is 7.68. The highest BCUT2D eigenvalue weighted by atomic mass is 32.1. The molecule has 0 aliphatic rings. The van der Waals surface area contributed by atoms with Crippen molar-refractivity contribution in [3.05, 3.63) is 59.7 Å². The Kier molecular flexibility index (Phi) is 6.67. The summed E-state index contributed by atoms with van der Waals surface area (Å²) in [7, 11) is 0. The van der Waals surface area contributed by atoms with E-state index in [1.54, 1.807) is 17.7 Å². The molecule has 1 N–H and O–H groups in total. The van der Waals surface area contributed by atoms with E-state index in [0.29, 0.717) is 6.61 Å². The zero-order valence-corrected chi connectivity index (χ0v) is 19.0. The predicted octanol–water partition coefficient (Wildman–Crippen LogP) is 6.99. The molecule has 0 fully saturated rings. The Labute approximate surface area is 187 Å². The smallest absolute Gasteiger partial charge is 0.143 e. The second-order valence-electron chi connectivity index (χ2n) is 7.24. The number of anilines is 2. The van der Waals surface area contributed by atoms with Gasteiger partial charge >= 0.3 is 0 Å². The van der Waals surface area contributed by atoms with Crippen molar-refractivity contribution in [2.45, 2.75) is 33.6 Å². The van der Waals surface area contributed by atoms with Crippen molar-refractivity contribution in [3.63, 3.8) is 0 Å². The van der Waals surface area contributed by atoms with Crippen LogP contribution in [0.15, 0.2) is 54.9 Å². The van der Waals surface area contributed by atoms with E-state index in [2.05, 4.69) is 41.3 Å². The van der Waals surface area contributed by atoms with Crippen LogP contribution in [0.3, 0.4) is 0 Å². The van der Waals surface area contributed by atoms with Crippen LogP contribution in [-0.4, -0.2) is 23.2 Å². The zero-order valence-electron chi connectivity index (χ0n) is 18.1. The van der Waals surface area contributed by atoms with E-state index < -0.39 is 0 Å². The van der Waals surface area contributed by atoms with E-state index in [1.807, 2.05) is 43.3 Å². The molecule has 0 unspecified atom stereocenters. The van der Waals surface area contributed by atoms with Crippen LogP contribution >= 0.6 is 11.3 Å². The number of nitrogens with one attached hydrogen (secondary N) is 1. The molecule has 0 spiro atoms. The van der Waals surface area contributed by atoms with Gasteiger partial charge in [-0.3, -0.25) is 0 Å². The van der Waals surface area contributed by atoms with Crippen LogP contribution in [0.1, 0.15) is 31.6 Å². The van der Waals surface area contributed by atoms with Crippen molar-refractivity contribution >= 4 is 33.1 Å². The maximum absolute atomic E-state index is 5.77. The molecule has 2 heterocycles. The fourth-order valence-corrected chi connectivity index (χ4v) is 4.49. The van der Waals surface area contributed by atoms with Crippen molar-refractivity contribution in [1.29, 1.82) is 0 Å². The Bertz CT molecular complexity index is 1140. The molecule has 0 amide bonds. The first-order valence-corrected chi connectivity index (χ1v) is 11.5. The lowest BCUT2D eigenvalue weighted by atomic mass is 10.0. The Morgan fingerprint density at radius 1 is 0.903 bits per heavy atom. The molecular formula is C25H27N3O2S. The third kappa shape index (κ3) is 4.80. The predicted molar refractivity (Wildman–Crippen MR) is 129 cm³/mol. The van der Waals surface area contributed by atoms with Crippen molar-refractivity contribution in [2.24, 2.45) is 0 Å². The Balaban J connectivity index is 1.64. The summed E-state index contributed by atoms with van der Waals surface area (Å²) < 4.78 is 11.4. The fraction of sp³-hybridized carbons (Fsp3) is 0.280. The molecule has 0 aliphatic carbocycles. The number of thiophene rings is 1. The fourth-order valence-electron chi connectivity index (χ4n) is 3.48. The van der Waals surface area contributed by atoms with E-state index in [4.69, 9.17) is 9.47 Å². The maximum Gasteiger partial charge on any atom is 0.143 e. The molecule has 0 bridgehead atoms. The number of aromatic nitrogens is 2. The molecule has 6 heteroatoms. The number of ether oxygens (including phenoxy) is 2. The number of fused-ring (bicyclic) bond motifs is 1. The number of benzene rings is 2. The second-order valence-corrected chi connectivity index (χ2v) is 8.45. The van der Waals surface area contributed by atoms with Crippen LogP contribution < -0.4 is 14.8 Å². The van der Waals surface area contributed by atoms with Crippen molar-refractivity contribution in [1.82, 2.24) is 9.97 Å². The zero-order chi connectivity index (χ0) is 21.6. The highest BCUT2D eigenvalue weighted by Crippen LogP contribution is 2.41. The number of unbranched alkanes of at least 4 members (excludes halogenated alkanes) is 1. The molecule has 4 aromatic rings. The van der Waals surface area contributed by atoms with Gasteiger partial charge in [0.15, 0.2) is 0 Å². The van der Waals surface area contributed by atoms with Gasteiger partial charge in [-0.25, -0.2) is 9.97 Å². The van der Waals surface area contributed by atoms with E-state index in [-0.39, 0.29) is 0 Å². The van der Waals surface area contributed by atoms with Crippen LogP contribution in [0.5, 0.6) is 11.5 Å². The molecule has 0 atom stereocenters. The van der Waals surface area contributed by atoms with Crippen LogP contribution in [0.2, 0.25) is 0 Å². The van der Waals surface area contributed by atoms with Crippen molar-refractivity contribution in [2.75, 3.05) is 18.5 Å². The first-order valence-electron chi connectivity index (χ1n) is 10.7. The molecule has 5 nitrogen and oxygen atoms in total. The molecule has 160 valence electrons. The van der Waals surface area contributed by atoms with Gasteiger partial charge in [-0.15, -0.1) is 11.3 Å². The summed E-state index contributed by atoms with van der Waals surface area (Å²) >= 11 is 1.68. The topological polar surface area (TPSA) is 56.3 Å². The summed E-state index contributed by atoms with van der Waals surface area (Å²) in [5.41, 5.74) is 3.25. The lowest BCUT2D eigenvalue weighted by Gasteiger charge is -2.11. The number of rotatable bonds is 9. The lowest BCUT2D eigenvalue weighted by Crippen LogP contribution is -1.98. The minimum absolute atomic E-state index is 0.657. The van der Waals surface area contributed by atoms with Gasteiger partial charge in [-0.2, -0.15) is 0 Å². The second kappa shape index (κ2) is 9.79. The Hall–Kier alpha value is -3.12. The molecular weight excluding hydrogens is 406 g/mol. The van der Waals surface area contributed by atoms with Crippen LogP contribution in [-0.2, 0) is 0 Å². The van der Waals surface area contributed by atoms with Gasteiger partial charge in [0.05, 0.1) is 18.6 Å². The number of nitrogens with zero attached hydrogens (tertiary/aromatic N) is 2. The highest BCUT2D eigenvalue weighted by Gasteiger charge is 2.17. The van der Waals surface area contributed by atoms with Crippen LogP contribution in [0, 0.1) is 6.92 Å². The van der Waals surface area contributed by atoms with Gasteiger partial charge in [0.2, 0.25) is 0 Å². The number of aryl methyl sites for hydroxylation is 1. The standard InChI is InChI=1S/C25H27N3O2S/c1-4-6-15-30-21-13-9-19(10-14-21)28-24-23-22(17(3)31-25(23)27-16-26-24)18-7-11-20(12-8-18)29-5-2/h7-14,16H,4-6,15H2,1-3H3,(H,26,27,28). The van der Waals surface area contributed by atoms with Crippen LogP contribution in [0.25, 0.3) is 21.3 Å². The Morgan fingerprint density at radius 3 is 2.32 bits per heavy atom. The molecule has 2 aromatic carbocycles. The molecule has 0 aliphatic heterocycles. The van der Waals surface area contributed by atoms with Gasteiger partial charge in [-0.05, 0) is 62.2 Å². The number of hydrogen-bond acceptors (Lipinski definition) is 6. The van der Waals surface area contributed by atoms with Crippen molar-refractivity contribution < 1.29 is 9.47 Å². The molecule has 4 rings (SSSR count). The van der Waals surface area contributed by atoms with Crippen LogP contribution in [0.4, 0.5) is 11.5 Å². The minimum atomic E-state index is 0.657. The molecule has 0 saturated carbocycles. The van der Waals surface area contributed by atoms with E-state index in [9.17, 15) is 0 Å². The third-order valence-corrected chi connectivity index (χ3v) is 6.02.